The maximum Gasteiger partial charge on any atom is 0.257 e. The van der Waals surface area contributed by atoms with E-state index in [0.29, 0.717) is 25.1 Å². The van der Waals surface area contributed by atoms with Crippen molar-refractivity contribution < 1.29 is 23.8 Å². The Kier molecular flexibility index (Phi) is 8.80. The van der Waals surface area contributed by atoms with Gasteiger partial charge in [-0.25, -0.2) is 0 Å². The topological polar surface area (TPSA) is 92.1 Å². The van der Waals surface area contributed by atoms with E-state index in [1.165, 1.54) is 0 Å². The van der Waals surface area contributed by atoms with Crippen LogP contribution in [0.4, 0.5) is 0 Å². The molecule has 2 heterocycles. The maximum atomic E-state index is 13.6. The van der Waals surface area contributed by atoms with Crippen molar-refractivity contribution in [3.05, 3.63) is 65.2 Å². The Balaban J connectivity index is 1.70. The van der Waals surface area contributed by atoms with Crippen LogP contribution in [0, 0.1) is 11.3 Å². The summed E-state index contributed by atoms with van der Waals surface area (Å²) in [5, 5.41) is 9.75. The molecule has 8 heteroatoms. The number of likely N-dealkylation sites (N-methyl/N-ethyl adjacent to an activating group) is 1. The van der Waals surface area contributed by atoms with Crippen LogP contribution in [-0.4, -0.2) is 80.8 Å². The quantitative estimate of drug-likeness (QED) is 0.619. The molecule has 4 atom stereocenters. The SMILES string of the molecule is CO[C@@H]1CC[C@H]2CCN(C)C(=O)C[C@H](c3ccccc3)CN(C)C(=O)c3cccc(C#N)c3OC[C@@H]1O2. The van der Waals surface area contributed by atoms with Gasteiger partial charge >= 0.3 is 0 Å². The van der Waals surface area contributed by atoms with E-state index in [9.17, 15) is 14.9 Å². The predicted octanol–water partition coefficient (Wildman–Crippen LogP) is 3.61. The number of benzene rings is 2. The molecule has 37 heavy (non-hydrogen) atoms. The van der Waals surface area contributed by atoms with Gasteiger partial charge < -0.3 is 24.0 Å². The summed E-state index contributed by atoms with van der Waals surface area (Å²) < 4.78 is 18.1. The largest absolute Gasteiger partial charge is 0.489 e. The number of hydrogen-bond acceptors (Lipinski definition) is 6. The maximum absolute atomic E-state index is 13.6. The number of fused-ring (bicyclic) bond motifs is 3. The Morgan fingerprint density at radius 2 is 1.78 bits per heavy atom. The normalized spacial score (nSPS) is 25.7. The van der Waals surface area contributed by atoms with Crippen LogP contribution < -0.4 is 4.74 Å². The number of hydrogen-bond donors (Lipinski definition) is 0. The molecule has 0 radical (unpaired) electrons. The Hall–Kier alpha value is -3.41. The summed E-state index contributed by atoms with van der Waals surface area (Å²) in [6, 6.07) is 16.9. The molecule has 0 aliphatic carbocycles. The first-order valence-electron chi connectivity index (χ1n) is 12.8. The van der Waals surface area contributed by atoms with Crippen molar-refractivity contribution in [3.63, 3.8) is 0 Å². The van der Waals surface area contributed by atoms with E-state index in [-0.39, 0.29) is 60.4 Å². The molecule has 2 aromatic rings. The minimum Gasteiger partial charge on any atom is -0.489 e. The number of carbonyl (C=O) groups excluding carboxylic acids is 2. The summed E-state index contributed by atoms with van der Waals surface area (Å²) in [5.41, 5.74) is 1.60. The van der Waals surface area contributed by atoms with Crippen molar-refractivity contribution in [2.75, 3.05) is 40.9 Å². The standard InChI is InChI=1S/C29H35N3O5/c1-31-15-14-23-12-13-25(35-3)26(37-23)19-36-28-21(17-30)10-7-11-24(28)29(34)32(2)18-22(16-27(31)33)20-8-5-4-6-9-20/h4-11,22-23,25-26H,12-16,18-19H2,1-3H3/t22-,23-,25+,26-/m0/s1. The fourth-order valence-corrected chi connectivity index (χ4v) is 5.14. The highest BCUT2D eigenvalue weighted by atomic mass is 16.6. The van der Waals surface area contributed by atoms with E-state index in [2.05, 4.69) is 6.07 Å². The molecule has 8 nitrogen and oxygen atoms in total. The number of methoxy groups -OCH3 is 1. The highest BCUT2D eigenvalue weighted by Crippen LogP contribution is 2.30. The third-order valence-corrected chi connectivity index (χ3v) is 7.36. The molecule has 0 unspecified atom stereocenters. The third-order valence-electron chi connectivity index (χ3n) is 7.36. The molecule has 2 aromatic carbocycles. The summed E-state index contributed by atoms with van der Waals surface area (Å²) in [7, 11) is 5.19. The van der Waals surface area contributed by atoms with Gasteiger partial charge in [0, 0.05) is 46.6 Å². The molecular weight excluding hydrogens is 470 g/mol. The highest BCUT2D eigenvalue weighted by Gasteiger charge is 2.33. The van der Waals surface area contributed by atoms with Gasteiger partial charge in [-0.05, 0) is 37.0 Å². The Bertz CT molecular complexity index is 1130. The lowest BCUT2D eigenvalue weighted by Crippen LogP contribution is -2.45. The van der Waals surface area contributed by atoms with Crippen molar-refractivity contribution >= 4 is 11.8 Å². The van der Waals surface area contributed by atoms with Crippen LogP contribution in [0.25, 0.3) is 0 Å². The minimum atomic E-state index is -0.354. The van der Waals surface area contributed by atoms with Crippen molar-refractivity contribution in [3.8, 4) is 11.8 Å². The van der Waals surface area contributed by atoms with Gasteiger partial charge in [0.1, 0.15) is 24.5 Å². The Morgan fingerprint density at radius 3 is 2.51 bits per heavy atom. The molecule has 4 rings (SSSR count). The molecule has 2 amide bonds. The van der Waals surface area contributed by atoms with Crippen LogP contribution in [-0.2, 0) is 14.3 Å². The fourth-order valence-electron chi connectivity index (χ4n) is 5.14. The molecule has 2 aliphatic rings. The van der Waals surface area contributed by atoms with Gasteiger partial charge in [0.25, 0.3) is 5.91 Å². The number of para-hydroxylation sites is 1. The van der Waals surface area contributed by atoms with Gasteiger partial charge in [0.05, 0.1) is 23.3 Å². The lowest BCUT2D eigenvalue weighted by molar-refractivity contribution is -0.145. The number of rotatable bonds is 2. The van der Waals surface area contributed by atoms with Crippen molar-refractivity contribution in [1.29, 1.82) is 5.26 Å². The molecular formula is C29H35N3O5. The first-order valence-corrected chi connectivity index (χ1v) is 12.8. The molecule has 1 saturated heterocycles. The van der Waals surface area contributed by atoms with E-state index in [1.807, 2.05) is 37.4 Å². The zero-order valence-electron chi connectivity index (χ0n) is 21.8. The average Bonchev–Trinajstić information content (AvgIpc) is 2.93. The molecule has 0 saturated carbocycles. The van der Waals surface area contributed by atoms with E-state index >= 15 is 0 Å². The summed E-state index contributed by atoms with van der Waals surface area (Å²) in [5.74, 6) is -0.174. The predicted molar refractivity (Wildman–Crippen MR) is 138 cm³/mol. The second kappa shape index (κ2) is 12.2. The van der Waals surface area contributed by atoms with E-state index in [1.54, 1.807) is 42.2 Å². The molecule has 0 spiro atoms. The number of ether oxygens (including phenoxy) is 3. The zero-order chi connectivity index (χ0) is 26.4. The van der Waals surface area contributed by atoms with Crippen LogP contribution in [0.15, 0.2) is 48.5 Å². The van der Waals surface area contributed by atoms with E-state index in [0.717, 1.165) is 18.4 Å². The molecule has 0 aromatic heterocycles. The first-order chi connectivity index (χ1) is 17.9. The molecule has 2 bridgehead atoms. The second-order valence-electron chi connectivity index (χ2n) is 9.85. The van der Waals surface area contributed by atoms with Crippen LogP contribution in [0.2, 0.25) is 0 Å². The van der Waals surface area contributed by atoms with E-state index < -0.39 is 0 Å². The Labute approximate surface area is 218 Å². The monoisotopic (exact) mass is 505 g/mol. The van der Waals surface area contributed by atoms with Gasteiger partial charge in [-0.2, -0.15) is 5.26 Å². The smallest absolute Gasteiger partial charge is 0.257 e. The lowest BCUT2D eigenvalue weighted by Gasteiger charge is -2.36. The number of amides is 2. The molecule has 1 fully saturated rings. The third kappa shape index (κ3) is 6.30. The first kappa shape index (κ1) is 26.6. The van der Waals surface area contributed by atoms with Gasteiger partial charge in [0.15, 0.2) is 0 Å². The summed E-state index contributed by atoms with van der Waals surface area (Å²) in [6.45, 7) is 1.07. The van der Waals surface area contributed by atoms with Crippen molar-refractivity contribution in [1.82, 2.24) is 9.80 Å². The van der Waals surface area contributed by atoms with Crippen molar-refractivity contribution in [2.24, 2.45) is 0 Å². The van der Waals surface area contributed by atoms with Crippen LogP contribution in [0.5, 0.6) is 5.75 Å². The number of carbonyl (C=O) groups is 2. The summed E-state index contributed by atoms with van der Waals surface area (Å²) in [4.78, 5) is 30.2. The fraction of sp³-hybridized carbons (Fsp3) is 0.483. The average molecular weight is 506 g/mol. The Morgan fingerprint density at radius 1 is 1.00 bits per heavy atom. The molecule has 0 N–H and O–H groups in total. The van der Waals surface area contributed by atoms with Crippen LogP contribution in [0.1, 0.15) is 53.1 Å². The van der Waals surface area contributed by atoms with Gasteiger partial charge in [-0.3, -0.25) is 9.59 Å². The van der Waals surface area contributed by atoms with Crippen LogP contribution >= 0.6 is 0 Å². The zero-order valence-corrected chi connectivity index (χ0v) is 21.8. The second-order valence-corrected chi connectivity index (χ2v) is 9.85. The lowest BCUT2D eigenvalue weighted by atomic mass is 9.94. The summed E-state index contributed by atoms with van der Waals surface area (Å²) in [6.07, 6.45) is 2.07. The highest BCUT2D eigenvalue weighted by molar-refractivity contribution is 5.97. The number of nitrogens with zero attached hydrogens (tertiary/aromatic N) is 3. The molecule has 2 aliphatic heterocycles. The summed E-state index contributed by atoms with van der Waals surface area (Å²) >= 11 is 0. The van der Waals surface area contributed by atoms with Crippen LogP contribution in [0.3, 0.4) is 0 Å². The van der Waals surface area contributed by atoms with Gasteiger partial charge in [0.2, 0.25) is 5.91 Å². The van der Waals surface area contributed by atoms with Gasteiger partial charge in [-0.1, -0.05) is 36.4 Å². The van der Waals surface area contributed by atoms with E-state index in [4.69, 9.17) is 14.2 Å². The molecule has 196 valence electrons. The number of nitriles is 1. The van der Waals surface area contributed by atoms with Crippen molar-refractivity contribution in [2.45, 2.75) is 49.9 Å². The minimum absolute atomic E-state index is 0.0272. The van der Waals surface area contributed by atoms with Gasteiger partial charge in [-0.15, -0.1) is 0 Å².